The van der Waals surface area contributed by atoms with E-state index in [4.69, 9.17) is 16.1 Å². The zero-order chi connectivity index (χ0) is 13.3. The van der Waals surface area contributed by atoms with Crippen LogP contribution in [0.1, 0.15) is 18.7 Å². The van der Waals surface area contributed by atoms with Crippen molar-refractivity contribution in [1.82, 2.24) is 20.4 Å². The summed E-state index contributed by atoms with van der Waals surface area (Å²) in [6.07, 6.45) is 3.06. The van der Waals surface area contributed by atoms with Gasteiger partial charge in [-0.15, -0.1) is 0 Å². The number of pyridine rings is 1. The van der Waals surface area contributed by atoms with E-state index in [2.05, 4.69) is 20.4 Å². The Morgan fingerprint density at radius 3 is 3.11 bits per heavy atom. The first-order chi connectivity index (χ1) is 9.19. The molecule has 0 bridgehead atoms. The number of nitrogens with one attached hydrogen (secondary N) is 1. The summed E-state index contributed by atoms with van der Waals surface area (Å²) in [7, 11) is 0. The molecule has 1 saturated heterocycles. The van der Waals surface area contributed by atoms with Gasteiger partial charge in [0.15, 0.2) is 5.60 Å². The molecule has 0 aliphatic carbocycles. The van der Waals surface area contributed by atoms with Crippen LogP contribution in [0.5, 0.6) is 0 Å². The molecular formula is C12H13ClN4O2. The van der Waals surface area contributed by atoms with Crippen LogP contribution in [-0.2, 0) is 5.60 Å². The molecular weight excluding hydrogens is 268 g/mol. The van der Waals surface area contributed by atoms with E-state index < -0.39 is 5.60 Å². The number of piperidine rings is 1. The zero-order valence-corrected chi connectivity index (χ0v) is 10.9. The van der Waals surface area contributed by atoms with E-state index in [1.807, 2.05) is 0 Å². The zero-order valence-electron chi connectivity index (χ0n) is 10.1. The minimum atomic E-state index is -1.11. The molecule has 2 N–H and O–H groups in total. The number of rotatable bonds is 2. The van der Waals surface area contributed by atoms with Gasteiger partial charge < -0.3 is 14.9 Å². The van der Waals surface area contributed by atoms with Crippen molar-refractivity contribution in [2.45, 2.75) is 18.4 Å². The van der Waals surface area contributed by atoms with Crippen molar-refractivity contribution in [3.8, 4) is 11.5 Å². The number of nitrogens with zero attached hydrogens (tertiary/aromatic N) is 3. The second-order valence-corrected chi connectivity index (χ2v) is 4.98. The molecule has 3 rings (SSSR count). The lowest BCUT2D eigenvalue weighted by Gasteiger charge is -2.28. The molecule has 0 amide bonds. The molecule has 0 radical (unpaired) electrons. The van der Waals surface area contributed by atoms with Gasteiger partial charge in [0, 0.05) is 12.7 Å². The monoisotopic (exact) mass is 280 g/mol. The first-order valence-corrected chi connectivity index (χ1v) is 6.45. The van der Waals surface area contributed by atoms with Crippen LogP contribution >= 0.6 is 11.6 Å². The molecule has 100 valence electrons. The van der Waals surface area contributed by atoms with Crippen LogP contribution in [0.25, 0.3) is 11.5 Å². The number of aliphatic hydroxyl groups is 1. The highest BCUT2D eigenvalue weighted by Gasteiger charge is 2.37. The third-order valence-corrected chi connectivity index (χ3v) is 3.46. The molecule has 1 fully saturated rings. The van der Waals surface area contributed by atoms with Gasteiger partial charge in [0.1, 0.15) is 5.69 Å². The summed E-state index contributed by atoms with van der Waals surface area (Å²) in [5, 5.41) is 17.9. The van der Waals surface area contributed by atoms with Gasteiger partial charge in [0.2, 0.25) is 5.82 Å². The molecule has 2 aromatic rings. The second-order valence-electron chi connectivity index (χ2n) is 4.57. The highest BCUT2D eigenvalue weighted by atomic mass is 35.5. The Morgan fingerprint density at radius 1 is 1.47 bits per heavy atom. The van der Waals surface area contributed by atoms with Crippen LogP contribution in [0.15, 0.2) is 22.9 Å². The molecule has 1 aliphatic rings. The molecule has 6 nitrogen and oxygen atoms in total. The fourth-order valence-corrected chi connectivity index (χ4v) is 2.34. The summed E-state index contributed by atoms with van der Waals surface area (Å²) >= 11 is 6.03. The first-order valence-electron chi connectivity index (χ1n) is 6.07. The molecule has 1 atom stereocenters. The maximum Gasteiger partial charge on any atom is 0.260 e. The van der Waals surface area contributed by atoms with Crippen LogP contribution in [0.2, 0.25) is 5.02 Å². The molecule has 3 heterocycles. The third-order valence-electron chi connectivity index (χ3n) is 3.16. The number of aromatic nitrogens is 3. The van der Waals surface area contributed by atoms with Gasteiger partial charge >= 0.3 is 0 Å². The first kappa shape index (κ1) is 12.5. The largest absolute Gasteiger partial charge is 0.379 e. The summed E-state index contributed by atoms with van der Waals surface area (Å²) in [6, 6.07) is 3.43. The van der Waals surface area contributed by atoms with Crippen molar-refractivity contribution >= 4 is 11.6 Å². The summed E-state index contributed by atoms with van der Waals surface area (Å²) in [5.41, 5.74) is -0.656. The fraction of sp³-hybridized carbons (Fsp3) is 0.417. The van der Waals surface area contributed by atoms with Gasteiger partial charge in [0.25, 0.3) is 5.89 Å². The Morgan fingerprint density at radius 2 is 2.37 bits per heavy atom. The van der Waals surface area contributed by atoms with Crippen molar-refractivity contribution in [3.05, 3.63) is 29.2 Å². The standard InChI is InChI=1S/C12H13ClN4O2/c13-8-3-1-6-15-9(8)10-16-11(19-17-10)12(18)4-2-5-14-7-12/h1,3,6,14,18H,2,4-5,7H2. The Bertz CT molecular complexity index is 581. The van der Waals surface area contributed by atoms with E-state index >= 15 is 0 Å². The normalized spacial score (nSPS) is 23.5. The topological polar surface area (TPSA) is 84.1 Å². The molecule has 2 aromatic heterocycles. The van der Waals surface area contributed by atoms with Gasteiger partial charge in [-0.1, -0.05) is 16.8 Å². The minimum absolute atomic E-state index is 0.205. The second kappa shape index (κ2) is 4.88. The molecule has 0 saturated carbocycles. The lowest BCUT2D eigenvalue weighted by Crippen LogP contribution is -2.43. The Labute approximate surface area is 114 Å². The summed E-state index contributed by atoms with van der Waals surface area (Å²) in [4.78, 5) is 8.34. The van der Waals surface area contributed by atoms with Crippen molar-refractivity contribution in [1.29, 1.82) is 0 Å². The van der Waals surface area contributed by atoms with Gasteiger partial charge in [-0.05, 0) is 31.5 Å². The van der Waals surface area contributed by atoms with Crippen LogP contribution in [0.4, 0.5) is 0 Å². The molecule has 0 spiro atoms. The Balaban J connectivity index is 1.93. The van der Waals surface area contributed by atoms with Crippen molar-refractivity contribution < 1.29 is 9.63 Å². The Hall–Kier alpha value is -1.50. The lowest BCUT2D eigenvalue weighted by molar-refractivity contribution is -0.0167. The SMILES string of the molecule is OC1(c2nc(-c3ncccc3Cl)no2)CCCNC1. The van der Waals surface area contributed by atoms with Gasteiger partial charge in [-0.3, -0.25) is 4.98 Å². The van der Waals surface area contributed by atoms with E-state index in [0.717, 1.165) is 13.0 Å². The maximum atomic E-state index is 10.5. The van der Waals surface area contributed by atoms with E-state index in [9.17, 15) is 5.11 Å². The molecule has 1 unspecified atom stereocenters. The van der Waals surface area contributed by atoms with E-state index in [1.165, 1.54) is 0 Å². The third kappa shape index (κ3) is 2.34. The average Bonchev–Trinajstić information content (AvgIpc) is 2.90. The summed E-state index contributed by atoms with van der Waals surface area (Å²) < 4.78 is 5.17. The number of hydrogen-bond acceptors (Lipinski definition) is 6. The fourth-order valence-electron chi connectivity index (χ4n) is 2.13. The molecule has 19 heavy (non-hydrogen) atoms. The lowest BCUT2D eigenvalue weighted by atomic mass is 9.94. The van der Waals surface area contributed by atoms with E-state index in [1.54, 1.807) is 18.3 Å². The number of halogens is 1. The Kier molecular flexibility index (Phi) is 3.22. The van der Waals surface area contributed by atoms with E-state index in [-0.39, 0.29) is 5.89 Å². The van der Waals surface area contributed by atoms with E-state index in [0.29, 0.717) is 29.5 Å². The maximum absolute atomic E-state index is 10.5. The molecule has 0 aromatic carbocycles. The minimum Gasteiger partial charge on any atom is -0.379 e. The van der Waals surface area contributed by atoms with Gasteiger partial charge in [0.05, 0.1) is 5.02 Å². The molecule has 7 heteroatoms. The van der Waals surface area contributed by atoms with Crippen LogP contribution in [-0.4, -0.2) is 33.3 Å². The van der Waals surface area contributed by atoms with Crippen molar-refractivity contribution in [2.24, 2.45) is 0 Å². The van der Waals surface area contributed by atoms with Crippen molar-refractivity contribution in [3.63, 3.8) is 0 Å². The van der Waals surface area contributed by atoms with Crippen LogP contribution in [0, 0.1) is 0 Å². The van der Waals surface area contributed by atoms with Crippen LogP contribution < -0.4 is 5.32 Å². The molecule has 1 aliphatic heterocycles. The summed E-state index contributed by atoms with van der Waals surface area (Å²) in [5.74, 6) is 0.496. The highest BCUT2D eigenvalue weighted by molar-refractivity contribution is 6.32. The predicted molar refractivity (Wildman–Crippen MR) is 68.5 cm³/mol. The predicted octanol–water partition coefficient (Wildman–Crippen LogP) is 1.36. The average molecular weight is 281 g/mol. The quantitative estimate of drug-likeness (QED) is 0.864. The van der Waals surface area contributed by atoms with Gasteiger partial charge in [-0.2, -0.15) is 4.98 Å². The highest BCUT2D eigenvalue weighted by Crippen LogP contribution is 2.29. The number of β-amino-alcohol motifs (C(OH)–C–C–N with tert-alkyl or cyclic N) is 1. The van der Waals surface area contributed by atoms with Crippen LogP contribution in [0.3, 0.4) is 0 Å². The van der Waals surface area contributed by atoms with Crippen molar-refractivity contribution in [2.75, 3.05) is 13.1 Å². The summed E-state index contributed by atoms with van der Waals surface area (Å²) in [6.45, 7) is 1.29. The van der Waals surface area contributed by atoms with Gasteiger partial charge in [-0.25, -0.2) is 0 Å². The number of hydrogen-bond donors (Lipinski definition) is 2. The smallest absolute Gasteiger partial charge is 0.260 e.